The molecule has 1 aliphatic heterocycles. The summed E-state index contributed by atoms with van der Waals surface area (Å²) >= 11 is 1.63. The molecule has 1 aliphatic rings. The fraction of sp³-hybridized carbons (Fsp3) is 0.320. The van der Waals surface area contributed by atoms with Crippen LogP contribution in [0.1, 0.15) is 52.5 Å². The summed E-state index contributed by atoms with van der Waals surface area (Å²) in [6.45, 7) is 2.90. The van der Waals surface area contributed by atoms with Gasteiger partial charge in [-0.05, 0) is 54.8 Å². The summed E-state index contributed by atoms with van der Waals surface area (Å²) in [5.74, 6) is 0.361. The third kappa shape index (κ3) is 4.24. The topological polar surface area (TPSA) is 86.0 Å². The van der Waals surface area contributed by atoms with Gasteiger partial charge in [-0.1, -0.05) is 12.1 Å². The lowest BCUT2D eigenvalue weighted by Gasteiger charge is -2.36. The van der Waals surface area contributed by atoms with E-state index in [1.165, 1.54) is 0 Å². The Kier molecular flexibility index (Phi) is 6.46. The number of piperidine rings is 1. The molecular formula is C25H26N6O2S. The Morgan fingerprint density at radius 1 is 1.21 bits per heavy atom. The van der Waals surface area contributed by atoms with E-state index in [0.717, 1.165) is 41.0 Å². The van der Waals surface area contributed by atoms with Crippen LogP contribution in [0.5, 0.6) is 0 Å². The van der Waals surface area contributed by atoms with E-state index in [-0.39, 0.29) is 18.6 Å². The van der Waals surface area contributed by atoms with Crippen LogP contribution in [0, 0.1) is 6.92 Å². The minimum atomic E-state index is -0.0579. The molecule has 4 aromatic rings. The number of rotatable bonds is 6. The average molecular weight is 475 g/mol. The molecule has 5 rings (SSSR count). The number of aromatic nitrogens is 5. The minimum absolute atomic E-state index is 0.00486. The van der Waals surface area contributed by atoms with Gasteiger partial charge in [-0.25, -0.2) is 9.97 Å². The summed E-state index contributed by atoms with van der Waals surface area (Å²) in [6.07, 6.45) is 9.97. The molecule has 0 bridgehead atoms. The Bertz CT molecular complexity index is 1270. The lowest BCUT2D eigenvalue weighted by atomic mass is 9.95. The van der Waals surface area contributed by atoms with Crippen LogP contribution in [0.15, 0.2) is 54.4 Å². The monoisotopic (exact) mass is 474 g/mol. The van der Waals surface area contributed by atoms with Gasteiger partial charge in [0, 0.05) is 32.2 Å². The van der Waals surface area contributed by atoms with Gasteiger partial charge in [-0.15, -0.1) is 11.3 Å². The third-order valence-electron chi connectivity index (χ3n) is 6.12. The van der Waals surface area contributed by atoms with Gasteiger partial charge in [0.25, 0.3) is 11.9 Å². The first-order chi connectivity index (χ1) is 16.7. The number of carbonyl (C=O) groups is 1. The van der Waals surface area contributed by atoms with Crippen molar-refractivity contribution in [3.05, 3.63) is 76.8 Å². The zero-order valence-corrected chi connectivity index (χ0v) is 20.0. The molecule has 1 amide bonds. The minimum Gasteiger partial charge on any atom is -0.378 e. The summed E-state index contributed by atoms with van der Waals surface area (Å²) < 4.78 is 7.09. The molecule has 0 spiro atoms. The fourth-order valence-electron chi connectivity index (χ4n) is 4.45. The zero-order chi connectivity index (χ0) is 23.5. The molecule has 9 heteroatoms. The maximum absolute atomic E-state index is 13.8. The number of aryl methyl sites for hydroxylation is 1. The van der Waals surface area contributed by atoms with Crippen LogP contribution in [0.2, 0.25) is 0 Å². The second kappa shape index (κ2) is 9.82. The number of nitrogens with zero attached hydrogens (tertiary/aromatic N) is 6. The second-order valence-electron chi connectivity index (χ2n) is 8.33. The molecule has 0 radical (unpaired) electrons. The van der Waals surface area contributed by atoms with Crippen LogP contribution in [0.4, 0.5) is 0 Å². The van der Waals surface area contributed by atoms with E-state index < -0.39 is 0 Å². The number of amides is 1. The summed E-state index contributed by atoms with van der Waals surface area (Å²) in [4.78, 5) is 30.4. The van der Waals surface area contributed by atoms with Gasteiger partial charge in [0.1, 0.15) is 0 Å². The maximum Gasteiger partial charge on any atom is 0.257 e. The van der Waals surface area contributed by atoms with Gasteiger partial charge in [0.15, 0.2) is 0 Å². The van der Waals surface area contributed by atoms with Crippen LogP contribution in [0.25, 0.3) is 16.5 Å². The van der Waals surface area contributed by atoms with Crippen molar-refractivity contribution in [2.45, 2.75) is 38.8 Å². The van der Waals surface area contributed by atoms with E-state index >= 15 is 0 Å². The first kappa shape index (κ1) is 22.4. The molecule has 0 aliphatic carbocycles. The van der Waals surface area contributed by atoms with Crippen LogP contribution in [-0.4, -0.2) is 49.2 Å². The van der Waals surface area contributed by atoms with Crippen LogP contribution in [-0.2, 0) is 11.3 Å². The van der Waals surface area contributed by atoms with E-state index in [4.69, 9.17) is 9.72 Å². The van der Waals surface area contributed by atoms with Gasteiger partial charge in [-0.2, -0.15) is 9.78 Å². The van der Waals surface area contributed by atoms with Crippen molar-refractivity contribution in [2.24, 2.45) is 0 Å². The molecule has 0 N–H and O–H groups in total. The Balaban J connectivity index is 1.52. The number of hydrogen-bond donors (Lipinski definition) is 0. The number of hydrogen-bond acceptors (Lipinski definition) is 7. The molecular weight excluding hydrogens is 448 g/mol. The number of likely N-dealkylation sites (tertiary alicyclic amines) is 1. The number of carbonyl (C=O) groups excluding carboxylic acids is 1. The molecule has 0 aromatic carbocycles. The van der Waals surface area contributed by atoms with Crippen molar-refractivity contribution >= 4 is 17.2 Å². The molecule has 5 heterocycles. The standard InChI is InChI=1S/C25H26N6O2S/c1-17-13-27-25(29-23(17)22-9-6-12-34-22)31-21(16-33-2)19(15-28-31)24(32)30-11-4-3-8-20(30)18-7-5-10-26-14-18/h5-7,9-10,12-15,20H,3-4,8,11,16H2,1-2H3. The molecule has 8 nitrogen and oxygen atoms in total. The van der Waals surface area contributed by atoms with E-state index in [1.54, 1.807) is 41.7 Å². The van der Waals surface area contributed by atoms with Gasteiger partial charge in [-0.3, -0.25) is 9.78 Å². The van der Waals surface area contributed by atoms with Crippen molar-refractivity contribution in [3.63, 3.8) is 0 Å². The molecule has 4 aromatic heterocycles. The summed E-state index contributed by atoms with van der Waals surface area (Å²) in [5.41, 5.74) is 4.05. The van der Waals surface area contributed by atoms with Crippen LogP contribution in [0.3, 0.4) is 0 Å². The molecule has 174 valence electrons. The Morgan fingerprint density at radius 2 is 2.12 bits per heavy atom. The fourth-order valence-corrected chi connectivity index (χ4v) is 5.23. The molecule has 1 saturated heterocycles. The summed E-state index contributed by atoms with van der Waals surface area (Å²) in [7, 11) is 1.61. The van der Waals surface area contributed by atoms with Gasteiger partial charge >= 0.3 is 0 Å². The summed E-state index contributed by atoms with van der Waals surface area (Å²) in [6, 6.07) is 7.98. The highest BCUT2D eigenvalue weighted by atomic mass is 32.1. The number of methoxy groups -OCH3 is 1. The van der Waals surface area contributed by atoms with Crippen molar-refractivity contribution in [1.29, 1.82) is 0 Å². The van der Waals surface area contributed by atoms with Crippen molar-refractivity contribution < 1.29 is 9.53 Å². The largest absolute Gasteiger partial charge is 0.378 e. The SMILES string of the molecule is COCc1c(C(=O)N2CCCCC2c2cccnc2)cnn1-c1ncc(C)c(-c2cccs2)n1. The molecule has 34 heavy (non-hydrogen) atoms. The predicted octanol–water partition coefficient (Wildman–Crippen LogP) is 4.61. The quantitative estimate of drug-likeness (QED) is 0.406. The van der Waals surface area contributed by atoms with Gasteiger partial charge in [0.2, 0.25) is 0 Å². The van der Waals surface area contributed by atoms with E-state index in [0.29, 0.717) is 23.8 Å². The van der Waals surface area contributed by atoms with Crippen molar-refractivity contribution in [3.8, 4) is 16.5 Å². The highest BCUT2D eigenvalue weighted by Gasteiger charge is 2.32. The highest BCUT2D eigenvalue weighted by Crippen LogP contribution is 2.33. The smallest absolute Gasteiger partial charge is 0.257 e. The molecule has 1 unspecified atom stereocenters. The van der Waals surface area contributed by atoms with Crippen molar-refractivity contribution in [2.75, 3.05) is 13.7 Å². The third-order valence-corrected chi connectivity index (χ3v) is 6.99. The molecule has 1 atom stereocenters. The first-order valence-electron chi connectivity index (χ1n) is 11.3. The average Bonchev–Trinajstić information content (AvgIpc) is 3.56. The normalized spacial score (nSPS) is 16.1. The predicted molar refractivity (Wildman–Crippen MR) is 130 cm³/mol. The molecule has 1 fully saturated rings. The number of pyridine rings is 1. The zero-order valence-electron chi connectivity index (χ0n) is 19.2. The van der Waals surface area contributed by atoms with Gasteiger partial charge in [0.05, 0.1) is 40.7 Å². The highest BCUT2D eigenvalue weighted by molar-refractivity contribution is 7.13. The van der Waals surface area contributed by atoms with E-state index in [1.807, 2.05) is 47.7 Å². The number of ether oxygens (including phenoxy) is 1. The van der Waals surface area contributed by atoms with E-state index in [2.05, 4.69) is 15.1 Å². The molecule has 0 saturated carbocycles. The Hall–Kier alpha value is -3.43. The summed E-state index contributed by atoms with van der Waals surface area (Å²) in [5, 5.41) is 6.55. The van der Waals surface area contributed by atoms with E-state index in [9.17, 15) is 4.79 Å². The second-order valence-corrected chi connectivity index (χ2v) is 9.27. The lowest BCUT2D eigenvalue weighted by Crippen LogP contribution is -2.39. The van der Waals surface area contributed by atoms with Crippen LogP contribution >= 0.6 is 11.3 Å². The van der Waals surface area contributed by atoms with Gasteiger partial charge < -0.3 is 9.64 Å². The van der Waals surface area contributed by atoms with Crippen molar-refractivity contribution in [1.82, 2.24) is 29.6 Å². The Labute approximate surface area is 202 Å². The first-order valence-corrected chi connectivity index (χ1v) is 12.2. The maximum atomic E-state index is 13.8. The lowest BCUT2D eigenvalue weighted by molar-refractivity contribution is 0.0606. The Morgan fingerprint density at radius 3 is 2.88 bits per heavy atom. The number of thiophene rings is 1. The van der Waals surface area contributed by atoms with Crippen LogP contribution < -0.4 is 0 Å².